The van der Waals surface area contributed by atoms with Crippen LogP contribution in [-0.2, 0) is 172 Å². The van der Waals surface area contributed by atoms with Crippen molar-refractivity contribution in [3.05, 3.63) is 50.6 Å². The Hall–Kier alpha value is -12.0. The summed E-state index contributed by atoms with van der Waals surface area (Å²) in [7, 11) is 0. The van der Waals surface area contributed by atoms with Crippen molar-refractivity contribution >= 4 is 120 Å². The van der Waals surface area contributed by atoms with Gasteiger partial charge in [0.25, 0.3) is 0 Å². The van der Waals surface area contributed by atoms with Gasteiger partial charge in [0.05, 0.1) is 82.9 Å². The molecule has 12 fully saturated rings. The lowest BCUT2D eigenvalue weighted by molar-refractivity contribution is -0.171. The number of aliphatic carboxylic acids is 4. The SMILES string of the molecule is C=CC(=O)OCOC(=O)C1CCC(C(=O)OC2CCC(C(=O)OC3CCC(C(=O)O)CC3)CC2)CC1.C=CC(=O)OCOC(=O)C1CCC(OC(=O)C2CCC(C(=O)OC3CCC(C(=O)O)CC3)CC2)CC1.C=CC(=O)OCOC(=O)OC1CCC(C(=O)OC2CCC(C(=O)OC3CCC(C(=O)O)CC3)CC2)CC1.C=CC(=O)OCOC(=O)OC1CCC(OC(=O)C2CCC(C(=O)OC3CCC(C(=O)O)CC3)CC2)CC1. The average molecular weight is 2070 g/mol. The number of ether oxygens (including phenoxy) is 18. The van der Waals surface area contributed by atoms with Crippen LogP contribution >= 0.6 is 0 Å². The molecule has 42 heteroatoms. The van der Waals surface area contributed by atoms with Crippen molar-refractivity contribution in [2.24, 2.45) is 82.9 Å². The zero-order valence-corrected chi connectivity index (χ0v) is 83.1. The third-order valence-electron chi connectivity index (χ3n) is 29.9. The van der Waals surface area contributed by atoms with E-state index in [9.17, 15) is 95.9 Å². The lowest BCUT2D eigenvalue weighted by Gasteiger charge is -2.32. The predicted molar refractivity (Wildman–Crippen MR) is 500 cm³/mol. The van der Waals surface area contributed by atoms with Crippen LogP contribution < -0.4 is 0 Å². The molecule has 0 aromatic rings. The molecule has 12 rings (SSSR count). The maximum atomic E-state index is 12.7. The molecule has 812 valence electrons. The van der Waals surface area contributed by atoms with E-state index in [2.05, 4.69) is 54.7 Å². The third-order valence-corrected chi connectivity index (χ3v) is 29.9. The average Bonchev–Trinajstić information content (AvgIpc) is 0.850. The van der Waals surface area contributed by atoms with Gasteiger partial charge in [0, 0.05) is 24.3 Å². The minimum Gasteiger partial charge on any atom is -0.481 e. The summed E-state index contributed by atoms with van der Waals surface area (Å²) in [5, 5.41) is 36.4. The number of hydrogen-bond donors (Lipinski definition) is 4. The summed E-state index contributed by atoms with van der Waals surface area (Å²) in [6.07, 6.45) is 26.0. The van der Waals surface area contributed by atoms with Crippen LogP contribution in [0.25, 0.3) is 0 Å². The maximum absolute atomic E-state index is 12.7. The molecule has 12 aliphatic rings. The van der Waals surface area contributed by atoms with Crippen LogP contribution in [-0.4, -0.2) is 228 Å². The van der Waals surface area contributed by atoms with Crippen LogP contribution in [0.5, 0.6) is 0 Å². The molecule has 12 saturated carbocycles. The van der Waals surface area contributed by atoms with E-state index >= 15 is 0 Å². The topological polar surface area (TPSA) is 588 Å². The maximum Gasteiger partial charge on any atom is 0.511 e. The van der Waals surface area contributed by atoms with Gasteiger partial charge in [-0.2, -0.15) is 0 Å². The monoisotopic (exact) mass is 2060 g/mol. The zero-order valence-electron chi connectivity index (χ0n) is 83.1. The van der Waals surface area contributed by atoms with Crippen molar-refractivity contribution in [2.75, 3.05) is 27.2 Å². The van der Waals surface area contributed by atoms with Gasteiger partial charge in [-0.3, -0.25) is 67.1 Å². The third kappa shape index (κ3) is 40.6. The smallest absolute Gasteiger partial charge is 0.481 e. The highest BCUT2D eigenvalue weighted by Crippen LogP contribution is 2.42. The fourth-order valence-electron chi connectivity index (χ4n) is 20.8. The van der Waals surface area contributed by atoms with E-state index in [4.69, 9.17) is 77.3 Å². The van der Waals surface area contributed by atoms with E-state index in [1.165, 1.54) is 0 Å². The number of rotatable bonds is 36. The zero-order chi connectivity index (χ0) is 106. The molecular weight excluding hydrogens is 1920 g/mol. The lowest BCUT2D eigenvalue weighted by atomic mass is 9.81. The van der Waals surface area contributed by atoms with E-state index in [1.54, 1.807) is 0 Å². The van der Waals surface area contributed by atoms with Crippen LogP contribution in [0.2, 0.25) is 0 Å². The van der Waals surface area contributed by atoms with Gasteiger partial charge in [0.1, 0.15) is 61.0 Å². The normalized spacial score (nSPS) is 30.0. The second-order valence-corrected chi connectivity index (χ2v) is 39.8. The van der Waals surface area contributed by atoms with Crippen molar-refractivity contribution in [3.63, 3.8) is 0 Å². The first-order chi connectivity index (χ1) is 70.0. The molecule has 0 spiro atoms. The Labute approximate surface area is 847 Å². The first-order valence-electron chi connectivity index (χ1n) is 51.7. The van der Waals surface area contributed by atoms with Crippen LogP contribution in [0.4, 0.5) is 9.59 Å². The first-order valence-corrected chi connectivity index (χ1v) is 51.7. The fraction of sp³-hybridized carbons (Fsp3) is 0.731. The number of carboxylic acids is 4. The molecule has 0 aliphatic heterocycles. The highest BCUT2D eigenvalue weighted by molar-refractivity contribution is 5.84. The number of carbonyl (C=O) groups is 20. The van der Waals surface area contributed by atoms with Crippen LogP contribution in [0.1, 0.15) is 308 Å². The van der Waals surface area contributed by atoms with Crippen LogP contribution in [0.15, 0.2) is 50.6 Å². The van der Waals surface area contributed by atoms with E-state index < -0.39 is 99.2 Å². The quantitative estimate of drug-likeness (QED) is 0.0196. The molecule has 0 bridgehead atoms. The molecule has 0 unspecified atom stereocenters. The highest BCUT2D eigenvalue weighted by atomic mass is 16.8. The molecule has 12 aliphatic carbocycles. The standard InChI is InChI=1S/2C26H36O11.2C26H36O10/c1-2-22(27)33-15-34-26(32)37-21-13-7-18(8-14-21)25(31)36-20-11-5-17(6-12-20)24(30)35-19-9-3-16(4-10-19)23(28)29;1-2-22(27)33-15-34-26(32)37-21-13-11-20(12-14-21)36-25(31)18-5-3-17(4-6-18)24(30)35-19-9-7-16(8-10-19)23(28)29;1-2-22(27)33-15-34-24(30)17-9-13-21(14-10-17)36-26(32)19-5-3-18(4-6-19)25(31)35-20-11-7-16(8-12-20)23(28)29;1-2-22(27)33-15-34-24(30)17-3-5-18(6-4-17)25(31)36-21-13-9-19(10-14-21)26(32)35-20-11-7-16(8-12-20)23(28)29/h2*2,16-21H,1,3-15H2,(H,28,29);2*2,16-21H,1,3-15H2,(H,28,29). The summed E-state index contributed by atoms with van der Waals surface area (Å²) < 4.78 is 93.4. The molecule has 0 heterocycles. The summed E-state index contributed by atoms with van der Waals surface area (Å²) in [6, 6.07) is 0. The minimum absolute atomic E-state index is 0.210. The van der Waals surface area contributed by atoms with E-state index in [-0.39, 0.29) is 192 Å². The number of esters is 14. The largest absolute Gasteiger partial charge is 0.511 e. The Balaban J connectivity index is 0.000000217. The van der Waals surface area contributed by atoms with Crippen molar-refractivity contribution in [3.8, 4) is 0 Å². The van der Waals surface area contributed by atoms with Crippen LogP contribution in [0, 0.1) is 82.9 Å². The van der Waals surface area contributed by atoms with Gasteiger partial charge in [-0.05, 0) is 308 Å². The van der Waals surface area contributed by atoms with Gasteiger partial charge in [-0.15, -0.1) is 0 Å². The Morgan fingerprint density at radius 1 is 0.158 bits per heavy atom. The molecule has 0 aromatic carbocycles. The Morgan fingerprint density at radius 2 is 0.274 bits per heavy atom. The molecule has 0 aromatic heterocycles. The van der Waals surface area contributed by atoms with Gasteiger partial charge in [0.2, 0.25) is 27.2 Å². The number of carboxylic acid groups (broad SMARTS) is 4. The minimum atomic E-state index is -0.939. The van der Waals surface area contributed by atoms with Gasteiger partial charge in [-0.25, -0.2) is 28.8 Å². The summed E-state index contributed by atoms with van der Waals surface area (Å²) in [5.41, 5.74) is 0. The number of carbonyl (C=O) groups excluding carboxylic acids is 16. The van der Waals surface area contributed by atoms with Gasteiger partial charge < -0.3 is 106 Å². The summed E-state index contributed by atoms with van der Waals surface area (Å²) in [5.74, 6) is -12.8. The molecule has 0 amide bonds. The Morgan fingerprint density at radius 3 is 0.418 bits per heavy atom. The fourth-order valence-corrected chi connectivity index (χ4v) is 20.8. The second kappa shape index (κ2) is 61.5. The van der Waals surface area contributed by atoms with Gasteiger partial charge >= 0.3 is 120 Å². The molecule has 0 radical (unpaired) electrons. The van der Waals surface area contributed by atoms with E-state index in [1.807, 2.05) is 0 Å². The summed E-state index contributed by atoms with van der Waals surface area (Å²) in [6.45, 7) is 11.0. The highest BCUT2D eigenvalue weighted by Gasteiger charge is 2.44. The van der Waals surface area contributed by atoms with E-state index in [0.29, 0.717) is 308 Å². The molecule has 0 saturated heterocycles. The Kier molecular flexibility index (Phi) is 49.5. The van der Waals surface area contributed by atoms with E-state index in [0.717, 1.165) is 24.3 Å². The lowest BCUT2D eigenvalue weighted by Crippen LogP contribution is -2.35. The van der Waals surface area contributed by atoms with Crippen LogP contribution in [0.3, 0.4) is 0 Å². The Bertz CT molecular complexity index is 4380. The molecule has 146 heavy (non-hydrogen) atoms. The van der Waals surface area contributed by atoms with Crippen molar-refractivity contribution in [1.29, 1.82) is 0 Å². The first kappa shape index (κ1) is 118. The summed E-state index contributed by atoms with van der Waals surface area (Å²) in [4.78, 5) is 236. The second-order valence-electron chi connectivity index (χ2n) is 39.8. The molecular formula is C104H144O42. The van der Waals surface area contributed by atoms with Crippen molar-refractivity contribution < 1.29 is 202 Å². The van der Waals surface area contributed by atoms with Gasteiger partial charge in [-0.1, -0.05) is 26.3 Å². The van der Waals surface area contributed by atoms with Gasteiger partial charge in [0.15, 0.2) is 0 Å². The molecule has 42 nitrogen and oxygen atoms in total. The molecule has 4 N–H and O–H groups in total. The van der Waals surface area contributed by atoms with Crippen molar-refractivity contribution in [1.82, 2.24) is 0 Å². The predicted octanol–water partition coefficient (Wildman–Crippen LogP) is 14.0. The molecule has 0 atom stereocenters. The number of hydrogen-bond acceptors (Lipinski definition) is 38. The summed E-state index contributed by atoms with van der Waals surface area (Å²) >= 11 is 0. The van der Waals surface area contributed by atoms with Crippen molar-refractivity contribution in [2.45, 2.75) is 369 Å².